The minimum atomic E-state index is -1.86. The first kappa shape index (κ1) is 20.1. The number of hydrogen-bond acceptors (Lipinski definition) is 7. The van der Waals surface area contributed by atoms with E-state index in [0.717, 1.165) is 0 Å². The molecule has 1 spiro atoms. The number of ketones is 1. The highest BCUT2D eigenvalue weighted by atomic mass is 16.6. The summed E-state index contributed by atoms with van der Waals surface area (Å²) in [5.74, 6) is -3.15. The van der Waals surface area contributed by atoms with Gasteiger partial charge in [0.1, 0.15) is 5.78 Å². The zero-order valence-corrected chi connectivity index (χ0v) is 15.5. The molecule has 0 saturated heterocycles. The van der Waals surface area contributed by atoms with Crippen LogP contribution in [0.4, 0.5) is 0 Å². The number of esters is 3. The van der Waals surface area contributed by atoms with Crippen LogP contribution < -0.4 is 0 Å². The first-order chi connectivity index (χ1) is 12.4. The molecule has 0 aliphatic heterocycles. The Labute approximate surface area is 153 Å². The fraction of sp³-hybridized carbons (Fsp3) is 0.684. The molecule has 2 aliphatic carbocycles. The molecule has 0 aromatic heterocycles. The van der Waals surface area contributed by atoms with Crippen LogP contribution >= 0.6 is 0 Å². The van der Waals surface area contributed by atoms with Gasteiger partial charge in [-0.15, -0.1) is 0 Å². The van der Waals surface area contributed by atoms with Crippen molar-refractivity contribution in [2.75, 3.05) is 19.8 Å². The first-order valence-electron chi connectivity index (χ1n) is 9.11. The lowest BCUT2D eigenvalue weighted by atomic mass is 9.60. The fourth-order valence-electron chi connectivity index (χ4n) is 4.11. The molecule has 7 heteroatoms. The molecule has 144 valence electrons. The largest absolute Gasteiger partial charge is 0.466 e. The fourth-order valence-corrected chi connectivity index (χ4v) is 4.11. The molecule has 1 saturated carbocycles. The van der Waals surface area contributed by atoms with E-state index in [9.17, 15) is 19.2 Å². The van der Waals surface area contributed by atoms with Gasteiger partial charge in [-0.3, -0.25) is 19.2 Å². The van der Waals surface area contributed by atoms with Gasteiger partial charge in [-0.1, -0.05) is 12.2 Å². The average Bonchev–Trinajstić information content (AvgIpc) is 2.95. The van der Waals surface area contributed by atoms with Crippen molar-refractivity contribution in [1.82, 2.24) is 0 Å². The summed E-state index contributed by atoms with van der Waals surface area (Å²) in [5.41, 5.74) is -3.29. The summed E-state index contributed by atoms with van der Waals surface area (Å²) in [6.07, 6.45) is 4.01. The molecule has 2 aliphatic rings. The smallest absolute Gasteiger partial charge is 0.324 e. The Morgan fingerprint density at radius 1 is 1.00 bits per heavy atom. The van der Waals surface area contributed by atoms with Crippen molar-refractivity contribution in [3.05, 3.63) is 12.2 Å². The van der Waals surface area contributed by atoms with Crippen LogP contribution in [0.25, 0.3) is 0 Å². The van der Waals surface area contributed by atoms with Crippen LogP contribution in [0.1, 0.15) is 46.5 Å². The van der Waals surface area contributed by atoms with Gasteiger partial charge in [0.2, 0.25) is 0 Å². The normalized spacial score (nSPS) is 26.6. The number of carbonyl (C=O) groups excluding carboxylic acids is 4. The first-order valence-corrected chi connectivity index (χ1v) is 9.11. The second-order valence-electron chi connectivity index (χ2n) is 6.54. The van der Waals surface area contributed by atoms with Crippen molar-refractivity contribution in [1.29, 1.82) is 0 Å². The molecular weight excluding hydrogens is 340 g/mol. The molecule has 0 aromatic rings. The van der Waals surface area contributed by atoms with Gasteiger partial charge in [0.25, 0.3) is 0 Å². The highest BCUT2D eigenvalue weighted by molar-refractivity contribution is 6.09. The van der Waals surface area contributed by atoms with E-state index in [-0.39, 0.29) is 44.9 Å². The van der Waals surface area contributed by atoms with Gasteiger partial charge >= 0.3 is 17.9 Å². The lowest BCUT2D eigenvalue weighted by molar-refractivity contribution is -0.181. The molecule has 2 unspecified atom stereocenters. The third-order valence-corrected chi connectivity index (χ3v) is 5.19. The van der Waals surface area contributed by atoms with Gasteiger partial charge in [-0.05, 0) is 40.0 Å². The molecule has 2 rings (SSSR count). The predicted molar refractivity (Wildman–Crippen MR) is 90.9 cm³/mol. The molecule has 26 heavy (non-hydrogen) atoms. The third-order valence-electron chi connectivity index (χ3n) is 5.19. The molecule has 2 atom stereocenters. The van der Waals surface area contributed by atoms with Gasteiger partial charge < -0.3 is 14.2 Å². The van der Waals surface area contributed by atoms with E-state index in [1.54, 1.807) is 32.9 Å². The predicted octanol–water partition coefficient (Wildman–Crippen LogP) is 1.98. The third kappa shape index (κ3) is 3.04. The van der Waals surface area contributed by atoms with E-state index in [2.05, 4.69) is 0 Å². The Balaban J connectivity index is 2.61. The van der Waals surface area contributed by atoms with Crippen molar-refractivity contribution < 1.29 is 33.4 Å². The minimum absolute atomic E-state index is 0.0405. The Morgan fingerprint density at radius 3 is 2.08 bits per heavy atom. The number of hydrogen-bond donors (Lipinski definition) is 0. The van der Waals surface area contributed by atoms with Gasteiger partial charge in [-0.2, -0.15) is 0 Å². The van der Waals surface area contributed by atoms with E-state index in [4.69, 9.17) is 14.2 Å². The van der Waals surface area contributed by atoms with Crippen LogP contribution in [0.3, 0.4) is 0 Å². The maximum absolute atomic E-state index is 13.0. The number of allylic oxidation sites excluding steroid dienone is 2. The van der Waals surface area contributed by atoms with Crippen LogP contribution in [0.15, 0.2) is 12.2 Å². The second-order valence-corrected chi connectivity index (χ2v) is 6.54. The molecule has 0 aromatic carbocycles. The highest BCUT2D eigenvalue weighted by Gasteiger charge is 2.71. The lowest BCUT2D eigenvalue weighted by Gasteiger charge is -2.40. The SMILES string of the molecule is CCOC(=O)C1CC2(C=CCCC2=O)C(C(=O)OCC)(C(=O)OCC)C1. The van der Waals surface area contributed by atoms with Crippen molar-refractivity contribution in [2.45, 2.75) is 46.5 Å². The van der Waals surface area contributed by atoms with Crippen LogP contribution in [0.5, 0.6) is 0 Å². The van der Waals surface area contributed by atoms with Gasteiger partial charge in [-0.25, -0.2) is 0 Å². The van der Waals surface area contributed by atoms with E-state index >= 15 is 0 Å². The molecule has 0 bridgehead atoms. The number of carbonyl (C=O) groups is 4. The Kier molecular flexibility index (Phi) is 6.21. The highest BCUT2D eigenvalue weighted by Crippen LogP contribution is 2.60. The quantitative estimate of drug-likeness (QED) is 0.307. The van der Waals surface area contributed by atoms with E-state index in [1.165, 1.54) is 0 Å². The monoisotopic (exact) mass is 366 g/mol. The van der Waals surface area contributed by atoms with Crippen molar-refractivity contribution in [2.24, 2.45) is 16.7 Å². The van der Waals surface area contributed by atoms with Gasteiger partial charge in [0.05, 0.1) is 31.2 Å². The van der Waals surface area contributed by atoms with Crippen LogP contribution in [-0.4, -0.2) is 43.5 Å². The summed E-state index contributed by atoms with van der Waals surface area (Å²) in [4.78, 5) is 51.3. The topological polar surface area (TPSA) is 96.0 Å². The van der Waals surface area contributed by atoms with Gasteiger partial charge in [0.15, 0.2) is 5.41 Å². The summed E-state index contributed by atoms with van der Waals surface area (Å²) < 4.78 is 15.5. The van der Waals surface area contributed by atoms with Crippen molar-refractivity contribution >= 4 is 23.7 Å². The maximum Gasteiger partial charge on any atom is 0.324 e. The summed E-state index contributed by atoms with van der Waals surface area (Å²) in [6.45, 7) is 5.21. The van der Waals surface area contributed by atoms with Crippen LogP contribution in [-0.2, 0) is 33.4 Å². The van der Waals surface area contributed by atoms with Crippen molar-refractivity contribution in [3.63, 3.8) is 0 Å². The second kappa shape index (κ2) is 8.01. The van der Waals surface area contributed by atoms with Crippen LogP contribution in [0, 0.1) is 16.7 Å². The zero-order valence-electron chi connectivity index (χ0n) is 15.5. The van der Waals surface area contributed by atoms with Crippen LogP contribution in [0.2, 0.25) is 0 Å². The molecule has 0 radical (unpaired) electrons. The number of Topliss-reactive ketones (excluding diaryl/α,β-unsaturated/α-hetero) is 1. The molecule has 0 amide bonds. The molecule has 0 heterocycles. The van der Waals surface area contributed by atoms with E-state index in [0.29, 0.717) is 6.42 Å². The van der Waals surface area contributed by atoms with Crippen molar-refractivity contribution in [3.8, 4) is 0 Å². The molecular formula is C19H26O7. The summed E-state index contributed by atoms with van der Waals surface area (Å²) >= 11 is 0. The lowest BCUT2D eigenvalue weighted by Crippen LogP contribution is -2.55. The van der Waals surface area contributed by atoms with E-state index in [1.807, 2.05) is 0 Å². The summed E-state index contributed by atoms with van der Waals surface area (Å²) in [5, 5.41) is 0. The Hall–Kier alpha value is -2.18. The Morgan fingerprint density at radius 2 is 1.58 bits per heavy atom. The Bertz CT molecular complexity index is 603. The number of ether oxygens (including phenoxy) is 3. The van der Waals surface area contributed by atoms with E-state index < -0.39 is 34.7 Å². The van der Waals surface area contributed by atoms with Gasteiger partial charge in [0, 0.05) is 6.42 Å². The minimum Gasteiger partial charge on any atom is -0.466 e. The average molecular weight is 366 g/mol. The summed E-state index contributed by atoms with van der Waals surface area (Å²) in [7, 11) is 0. The summed E-state index contributed by atoms with van der Waals surface area (Å²) in [6, 6.07) is 0. The maximum atomic E-state index is 13.0. The molecule has 7 nitrogen and oxygen atoms in total. The number of rotatable bonds is 6. The molecule has 0 N–H and O–H groups in total. The standard InChI is InChI=1S/C19H26O7/c1-4-24-15(21)13-11-18(10-8-7-9-14(18)20)19(12-13,16(22)25-5-2)17(23)26-6-3/h8,10,13H,4-7,9,11-12H2,1-3H3. The zero-order chi connectivity index (χ0) is 19.4. The molecule has 1 fully saturated rings.